The van der Waals surface area contributed by atoms with Crippen LogP contribution in [0.2, 0.25) is 5.02 Å². The Hall–Kier alpha value is -1.72. The van der Waals surface area contributed by atoms with Crippen molar-refractivity contribution in [1.29, 1.82) is 0 Å². The minimum atomic E-state index is -0.197. The van der Waals surface area contributed by atoms with Crippen molar-refractivity contribution in [2.45, 2.75) is 6.54 Å². The third-order valence-electron chi connectivity index (χ3n) is 3.01. The fourth-order valence-corrected chi connectivity index (χ4v) is 2.83. The lowest BCUT2D eigenvalue weighted by Crippen LogP contribution is -2.00. The van der Waals surface area contributed by atoms with Crippen LogP contribution < -0.4 is 11.0 Å². The lowest BCUT2D eigenvalue weighted by molar-refractivity contribution is 1.14. The molecule has 0 atom stereocenters. The molecule has 0 fully saturated rings. The van der Waals surface area contributed by atoms with Gasteiger partial charge in [-0.15, -0.1) is 0 Å². The third kappa shape index (κ3) is 2.73. The molecule has 0 aliphatic carbocycles. The Morgan fingerprint density at radius 3 is 2.70 bits per heavy atom. The van der Waals surface area contributed by atoms with Gasteiger partial charge in [0.1, 0.15) is 0 Å². The van der Waals surface area contributed by atoms with Crippen molar-refractivity contribution in [3.63, 3.8) is 0 Å². The van der Waals surface area contributed by atoms with Crippen LogP contribution in [0.4, 0.5) is 5.69 Å². The van der Waals surface area contributed by atoms with Crippen LogP contribution in [-0.4, -0.2) is 9.97 Å². The molecule has 2 aromatic carbocycles. The molecule has 20 heavy (non-hydrogen) atoms. The summed E-state index contributed by atoms with van der Waals surface area (Å²) in [6, 6.07) is 11.4. The second kappa shape index (κ2) is 5.34. The van der Waals surface area contributed by atoms with Gasteiger partial charge in [-0.05, 0) is 35.9 Å². The van der Waals surface area contributed by atoms with Crippen LogP contribution in [0.25, 0.3) is 11.0 Å². The van der Waals surface area contributed by atoms with E-state index in [2.05, 4.69) is 31.2 Å². The Balaban J connectivity index is 1.80. The molecular formula is C14H11BrClN3O. The molecule has 1 heterocycles. The molecule has 0 spiro atoms. The molecule has 4 nitrogen and oxygen atoms in total. The summed E-state index contributed by atoms with van der Waals surface area (Å²) in [6.07, 6.45) is 0. The van der Waals surface area contributed by atoms with Crippen LogP contribution in [0.15, 0.2) is 45.7 Å². The van der Waals surface area contributed by atoms with Gasteiger partial charge in [-0.1, -0.05) is 33.6 Å². The number of benzene rings is 2. The number of hydrogen-bond donors (Lipinski definition) is 3. The first-order chi connectivity index (χ1) is 9.61. The Bertz CT molecular complexity index is 825. The van der Waals surface area contributed by atoms with Gasteiger partial charge in [0, 0.05) is 21.7 Å². The highest BCUT2D eigenvalue weighted by Crippen LogP contribution is 2.23. The summed E-state index contributed by atoms with van der Waals surface area (Å²) >= 11 is 9.40. The molecule has 0 saturated carbocycles. The predicted octanol–water partition coefficient (Wildman–Crippen LogP) is 3.88. The van der Waals surface area contributed by atoms with Gasteiger partial charge in [0.15, 0.2) is 0 Å². The minimum Gasteiger partial charge on any atom is -0.381 e. The van der Waals surface area contributed by atoms with E-state index in [9.17, 15) is 4.79 Å². The number of hydrogen-bond acceptors (Lipinski definition) is 2. The maximum absolute atomic E-state index is 11.2. The lowest BCUT2D eigenvalue weighted by atomic mass is 10.2. The normalized spacial score (nSPS) is 10.9. The fraction of sp³-hybridized carbons (Fsp3) is 0.0714. The summed E-state index contributed by atoms with van der Waals surface area (Å²) in [5, 5.41) is 4.01. The van der Waals surface area contributed by atoms with E-state index in [1.165, 1.54) is 0 Å². The minimum absolute atomic E-state index is 0.197. The van der Waals surface area contributed by atoms with Crippen molar-refractivity contribution in [2.24, 2.45) is 0 Å². The quantitative estimate of drug-likeness (QED) is 0.670. The second-order valence-electron chi connectivity index (χ2n) is 4.43. The largest absolute Gasteiger partial charge is 0.381 e. The maximum Gasteiger partial charge on any atom is 0.323 e. The summed E-state index contributed by atoms with van der Waals surface area (Å²) in [5.41, 5.74) is 3.44. The molecule has 0 bridgehead atoms. The molecule has 0 aliphatic heterocycles. The maximum atomic E-state index is 11.2. The summed E-state index contributed by atoms with van der Waals surface area (Å²) in [4.78, 5) is 16.7. The number of halogens is 2. The number of nitrogens with one attached hydrogen (secondary N) is 3. The van der Waals surface area contributed by atoms with E-state index in [4.69, 9.17) is 11.6 Å². The Kier molecular flexibility index (Phi) is 3.54. The van der Waals surface area contributed by atoms with Crippen molar-refractivity contribution in [1.82, 2.24) is 9.97 Å². The van der Waals surface area contributed by atoms with Crippen molar-refractivity contribution in [3.05, 3.63) is 61.9 Å². The molecule has 0 amide bonds. The van der Waals surface area contributed by atoms with Crippen molar-refractivity contribution in [3.8, 4) is 0 Å². The van der Waals surface area contributed by atoms with E-state index < -0.39 is 0 Å². The number of fused-ring (bicyclic) bond motifs is 1. The summed E-state index contributed by atoms with van der Waals surface area (Å²) in [5.74, 6) is 0. The highest BCUT2D eigenvalue weighted by Gasteiger charge is 2.03. The molecule has 0 radical (unpaired) electrons. The zero-order chi connectivity index (χ0) is 14.1. The molecule has 1 aromatic heterocycles. The standard InChI is InChI=1S/C14H11BrClN3O/c15-11-5-9(16)2-1-8(11)7-17-10-3-4-12-13(6-10)19-14(20)18-12/h1-6,17H,7H2,(H2,18,19,20). The molecule has 0 saturated heterocycles. The van der Waals surface area contributed by atoms with E-state index in [1.54, 1.807) is 0 Å². The molecule has 3 rings (SSSR count). The molecule has 102 valence electrons. The van der Waals surface area contributed by atoms with Crippen LogP contribution in [-0.2, 0) is 6.54 Å². The average Bonchev–Trinajstić information content (AvgIpc) is 2.77. The first kappa shape index (κ1) is 13.3. The molecule has 6 heteroatoms. The zero-order valence-corrected chi connectivity index (χ0v) is 12.7. The topological polar surface area (TPSA) is 60.7 Å². The van der Waals surface area contributed by atoms with Gasteiger partial charge in [0.2, 0.25) is 0 Å². The van der Waals surface area contributed by atoms with E-state index in [-0.39, 0.29) is 5.69 Å². The van der Waals surface area contributed by atoms with Gasteiger partial charge in [-0.3, -0.25) is 0 Å². The van der Waals surface area contributed by atoms with Crippen LogP contribution in [0.3, 0.4) is 0 Å². The van der Waals surface area contributed by atoms with Crippen LogP contribution >= 0.6 is 27.5 Å². The molecule has 0 unspecified atom stereocenters. The Morgan fingerprint density at radius 1 is 1.10 bits per heavy atom. The number of aromatic amines is 2. The third-order valence-corrected chi connectivity index (χ3v) is 3.99. The molecule has 3 N–H and O–H groups in total. The molecule has 3 aromatic rings. The summed E-state index contributed by atoms with van der Waals surface area (Å²) in [6.45, 7) is 0.665. The van der Waals surface area contributed by atoms with Gasteiger partial charge >= 0.3 is 5.69 Å². The molecular weight excluding hydrogens is 342 g/mol. The van der Waals surface area contributed by atoms with E-state index >= 15 is 0 Å². The number of aromatic nitrogens is 2. The first-order valence-electron chi connectivity index (χ1n) is 6.02. The summed E-state index contributed by atoms with van der Waals surface area (Å²) in [7, 11) is 0. The van der Waals surface area contributed by atoms with Crippen LogP contribution in [0.5, 0.6) is 0 Å². The van der Waals surface area contributed by atoms with E-state index in [0.717, 1.165) is 26.8 Å². The van der Waals surface area contributed by atoms with Crippen molar-refractivity contribution < 1.29 is 0 Å². The van der Waals surface area contributed by atoms with Gasteiger partial charge < -0.3 is 15.3 Å². The smallest absolute Gasteiger partial charge is 0.323 e. The summed E-state index contributed by atoms with van der Waals surface area (Å²) < 4.78 is 0.966. The second-order valence-corrected chi connectivity index (χ2v) is 5.72. The monoisotopic (exact) mass is 351 g/mol. The first-order valence-corrected chi connectivity index (χ1v) is 7.19. The van der Waals surface area contributed by atoms with Crippen LogP contribution in [0, 0.1) is 0 Å². The fourth-order valence-electron chi connectivity index (χ4n) is 2.00. The van der Waals surface area contributed by atoms with Crippen molar-refractivity contribution in [2.75, 3.05) is 5.32 Å². The zero-order valence-electron chi connectivity index (χ0n) is 10.3. The highest BCUT2D eigenvalue weighted by atomic mass is 79.9. The number of rotatable bonds is 3. The molecule has 0 aliphatic rings. The predicted molar refractivity (Wildman–Crippen MR) is 85.4 cm³/mol. The van der Waals surface area contributed by atoms with Crippen LogP contribution in [0.1, 0.15) is 5.56 Å². The number of H-pyrrole nitrogens is 2. The van der Waals surface area contributed by atoms with Gasteiger partial charge in [-0.2, -0.15) is 0 Å². The highest BCUT2D eigenvalue weighted by molar-refractivity contribution is 9.10. The number of imidazole rings is 1. The Morgan fingerprint density at radius 2 is 1.90 bits per heavy atom. The van der Waals surface area contributed by atoms with Gasteiger partial charge in [0.05, 0.1) is 11.0 Å². The number of anilines is 1. The van der Waals surface area contributed by atoms with E-state index in [1.807, 2.05) is 36.4 Å². The average molecular weight is 353 g/mol. The van der Waals surface area contributed by atoms with E-state index in [0.29, 0.717) is 11.6 Å². The Labute approximate surface area is 128 Å². The SMILES string of the molecule is O=c1[nH]c2ccc(NCc3ccc(Cl)cc3Br)cc2[nH]1. The van der Waals surface area contributed by atoms with Gasteiger partial charge in [-0.25, -0.2) is 4.79 Å². The van der Waals surface area contributed by atoms with Crippen molar-refractivity contribution >= 4 is 44.3 Å². The lowest BCUT2D eigenvalue weighted by Gasteiger charge is -2.08. The van der Waals surface area contributed by atoms with Gasteiger partial charge in [0.25, 0.3) is 0 Å².